The van der Waals surface area contributed by atoms with Crippen molar-refractivity contribution in [1.82, 2.24) is 9.88 Å². The molecule has 6 nitrogen and oxygen atoms in total. The van der Waals surface area contributed by atoms with Crippen LogP contribution in [0.1, 0.15) is 79.6 Å². The van der Waals surface area contributed by atoms with Gasteiger partial charge in [-0.05, 0) is 91.8 Å². The highest BCUT2D eigenvalue weighted by molar-refractivity contribution is 5.76. The van der Waals surface area contributed by atoms with Crippen molar-refractivity contribution < 1.29 is 40.6 Å². The first-order chi connectivity index (χ1) is 21.7. The number of unbranched alkanes of at least 4 members (excludes halogenated alkanes) is 1. The highest BCUT2D eigenvalue weighted by atomic mass is 19.4. The summed E-state index contributed by atoms with van der Waals surface area (Å²) in [6.07, 6.45) is -7.55. The monoisotopic (exact) mass is 649 g/mol. The van der Waals surface area contributed by atoms with Gasteiger partial charge in [-0.25, -0.2) is 9.78 Å². The molecule has 3 heterocycles. The van der Waals surface area contributed by atoms with Crippen LogP contribution in [-0.2, 0) is 36.5 Å². The van der Waals surface area contributed by atoms with Gasteiger partial charge in [-0.2, -0.15) is 26.3 Å². The van der Waals surface area contributed by atoms with Crippen molar-refractivity contribution in [2.75, 3.05) is 25.1 Å². The van der Waals surface area contributed by atoms with Crippen LogP contribution in [0.15, 0.2) is 42.5 Å². The fraction of sp³-hybridized carbons (Fsp3) is 0.471. The smallest absolute Gasteiger partial charge is 0.416 e. The summed E-state index contributed by atoms with van der Waals surface area (Å²) < 4.78 is 92.9. The van der Waals surface area contributed by atoms with E-state index in [1.807, 2.05) is 18.2 Å². The number of carbonyl (C=O) groups excluding carboxylic acids is 1. The predicted octanol–water partition coefficient (Wildman–Crippen LogP) is 8.99. The number of aryl methyl sites for hydroxylation is 2. The molecule has 2 aromatic carbocycles. The van der Waals surface area contributed by atoms with Crippen molar-refractivity contribution in [2.45, 2.75) is 83.9 Å². The number of aromatic nitrogens is 1. The summed E-state index contributed by atoms with van der Waals surface area (Å²) in [7, 11) is 1.58. The number of methoxy groups -OCH3 is 1. The number of hydrogen-bond acceptors (Lipinski definition) is 5. The van der Waals surface area contributed by atoms with Crippen LogP contribution >= 0.6 is 0 Å². The maximum Gasteiger partial charge on any atom is 0.416 e. The molecule has 1 amide bonds. The summed E-state index contributed by atoms with van der Waals surface area (Å²) in [4.78, 5) is 21.6. The lowest BCUT2D eigenvalue weighted by atomic mass is 9.93. The molecule has 2 saturated heterocycles. The SMILES string of the molecule is CCCCc1cc(-c2ccc(N3CCC3)nc2CN2C(=O)O[C@H](c3cc(C(F)(F)F)cc(C(F)(F)F)c3)C2C)c(OC)cc1CC. The lowest BCUT2D eigenvalue weighted by molar-refractivity contribution is -0.143. The number of rotatable bonds is 10. The molecule has 0 bridgehead atoms. The van der Waals surface area contributed by atoms with E-state index in [1.54, 1.807) is 14.0 Å². The Morgan fingerprint density at radius 3 is 2.15 bits per heavy atom. The molecular formula is C34H37F6N3O3. The molecule has 5 rings (SSSR count). The Balaban J connectivity index is 1.55. The minimum atomic E-state index is -5.03. The molecule has 12 heteroatoms. The van der Waals surface area contributed by atoms with Gasteiger partial charge in [-0.15, -0.1) is 0 Å². The Morgan fingerprint density at radius 2 is 1.61 bits per heavy atom. The fourth-order valence-corrected chi connectivity index (χ4v) is 6.02. The number of pyridine rings is 1. The highest BCUT2D eigenvalue weighted by Gasteiger charge is 2.43. The normalized spacial score (nSPS) is 18.5. The Bertz CT molecular complexity index is 1550. The molecule has 1 unspecified atom stereocenters. The number of ether oxygens (including phenoxy) is 2. The average molecular weight is 650 g/mol. The van der Waals surface area contributed by atoms with Crippen LogP contribution in [-0.4, -0.2) is 42.2 Å². The number of anilines is 1. The molecular weight excluding hydrogens is 612 g/mol. The van der Waals surface area contributed by atoms with Gasteiger partial charge in [0.05, 0.1) is 36.5 Å². The van der Waals surface area contributed by atoms with E-state index in [9.17, 15) is 31.1 Å². The second-order valence-electron chi connectivity index (χ2n) is 11.8. The van der Waals surface area contributed by atoms with Crippen molar-refractivity contribution in [3.05, 3.63) is 76.0 Å². The Hall–Kier alpha value is -3.96. The van der Waals surface area contributed by atoms with Crippen molar-refractivity contribution in [1.29, 1.82) is 0 Å². The number of amides is 1. The van der Waals surface area contributed by atoms with Gasteiger partial charge in [0.15, 0.2) is 0 Å². The number of alkyl halides is 6. The number of halogens is 6. The first kappa shape index (κ1) is 33.4. The first-order valence-electron chi connectivity index (χ1n) is 15.5. The molecule has 0 spiro atoms. The van der Waals surface area contributed by atoms with Crippen molar-refractivity contribution >= 4 is 11.9 Å². The molecule has 0 saturated carbocycles. The quantitative estimate of drug-likeness (QED) is 0.205. The van der Waals surface area contributed by atoms with Crippen LogP contribution in [0.2, 0.25) is 0 Å². The Labute approximate surface area is 264 Å². The van der Waals surface area contributed by atoms with Gasteiger partial charge in [0, 0.05) is 24.2 Å². The van der Waals surface area contributed by atoms with E-state index in [0.717, 1.165) is 50.8 Å². The Kier molecular flexibility index (Phi) is 9.47. The van der Waals surface area contributed by atoms with Gasteiger partial charge < -0.3 is 14.4 Å². The van der Waals surface area contributed by atoms with Gasteiger partial charge in [0.1, 0.15) is 17.7 Å². The summed E-state index contributed by atoms with van der Waals surface area (Å²) in [5.41, 5.74) is 1.04. The van der Waals surface area contributed by atoms with Gasteiger partial charge in [0.25, 0.3) is 0 Å². The van der Waals surface area contributed by atoms with Crippen LogP contribution in [0.25, 0.3) is 11.1 Å². The van der Waals surface area contributed by atoms with E-state index in [2.05, 4.69) is 24.8 Å². The van der Waals surface area contributed by atoms with Crippen molar-refractivity contribution in [3.63, 3.8) is 0 Å². The number of hydrogen-bond donors (Lipinski definition) is 0. The summed E-state index contributed by atoms with van der Waals surface area (Å²) >= 11 is 0. The maximum atomic E-state index is 13.6. The topological polar surface area (TPSA) is 54.9 Å². The molecule has 2 atom stereocenters. The van der Waals surface area contributed by atoms with E-state index >= 15 is 0 Å². The second-order valence-corrected chi connectivity index (χ2v) is 11.8. The summed E-state index contributed by atoms with van der Waals surface area (Å²) in [5, 5.41) is 0. The molecule has 46 heavy (non-hydrogen) atoms. The zero-order valence-corrected chi connectivity index (χ0v) is 26.2. The number of nitrogens with zero attached hydrogens (tertiary/aromatic N) is 3. The van der Waals surface area contributed by atoms with E-state index < -0.39 is 41.7 Å². The van der Waals surface area contributed by atoms with Gasteiger partial charge in [0.2, 0.25) is 0 Å². The van der Waals surface area contributed by atoms with Crippen LogP contribution in [0.3, 0.4) is 0 Å². The third-order valence-electron chi connectivity index (χ3n) is 8.78. The molecule has 0 aliphatic carbocycles. The Morgan fingerprint density at radius 1 is 0.935 bits per heavy atom. The first-order valence-corrected chi connectivity index (χ1v) is 15.5. The molecule has 2 aliphatic heterocycles. The van der Waals surface area contributed by atoms with Crippen LogP contribution < -0.4 is 9.64 Å². The number of benzene rings is 2. The molecule has 0 N–H and O–H groups in total. The second kappa shape index (κ2) is 13.0. The highest BCUT2D eigenvalue weighted by Crippen LogP contribution is 2.42. The van der Waals surface area contributed by atoms with Crippen LogP contribution in [0.5, 0.6) is 5.75 Å². The van der Waals surface area contributed by atoms with Gasteiger partial charge in [-0.1, -0.05) is 20.3 Å². The van der Waals surface area contributed by atoms with E-state index in [0.29, 0.717) is 35.0 Å². The third-order valence-corrected chi connectivity index (χ3v) is 8.78. The van der Waals surface area contributed by atoms with Gasteiger partial charge in [-0.3, -0.25) is 4.90 Å². The number of cyclic esters (lactones) is 1. The molecule has 3 aromatic rings. The standard InChI is InChI=1S/C34H37F6N3O3/c1-5-7-9-22-16-27(29(45-4)17-21(22)6-2)26-10-11-30(42-12-8-13-42)41-28(26)19-43-20(3)31(46-32(43)44)23-14-24(33(35,36)37)18-25(15-23)34(38,39)40/h10-11,14-18,20,31H,5-9,12-13,19H2,1-4H3/t20?,31-/m0/s1. The predicted molar refractivity (Wildman–Crippen MR) is 162 cm³/mol. The van der Waals surface area contributed by atoms with Crippen LogP contribution in [0, 0.1) is 0 Å². The van der Waals surface area contributed by atoms with E-state index in [-0.39, 0.29) is 18.2 Å². The summed E-state index contributed by atoms with van der Waals surface area (Å²) in [6, 6.07) is 8.32. The summed E-state index contributed by atoms with van der Waals surface area (Å²) in [6.45, 7) is 7.31. The van der Waals surface area contributed by atoms with E-state index in [1.165, 1.54) is 16.0 Å². The molecule has 0 radical (unpaired) electrons. The lowest BCUT2D eigenvalue weighted by Gasteiger charge is -2.33. The number of carbonyl (C=O) groups is 1. The van der Waals surface area contributed by atoms with E-state index in [4.69, 9.17) is 14.5 Å². The molecule has 1 aromatic heterocycles. The zero-order chi connectivity index (χ0) is 33.4. The average Bonchev–Trinajstić information content (AvgIpc) is 3.26. The third kappa shape index (κ3) is 6.76. The van der Waals surface area contributed by atoms with Gasteiger partial charge >= 0.3 is 18.4 Å². The summed E-state index contributed by atoms with van der Waals surface area (Å²) in [5.74, 6) is 1.35. The van der Waals surface area contributed by atoms with Crippen molar-refractivity contribution in [2.24, 2.45) is 0 Å². The molecule has 2 fully saturated rings. The minimum absolute atomic E-state index is 0.0617. The molecule has 248 valence electrons. The lowest BCUT2D eigenvalue weighted by Crippen LogP contribution is -2.38. The maximum absolute atomic E-state index is 13.6. The van der Waals surface area contributed by atoms with Crippen molar-refractivity contribution in [3.8, 4) is 16.9 Å². The van der Waals surface area contributed by atoms with Crippen LogP contribution in [0.4, 0.5) is 37.0 Å². The minimum Gasteiger partial charge on any atom is -0.496 e. The zero-order valence-electron chi connectivity index (χ0n) is 26.2. The fourth-order valence-electron chi connectivity index (χ4n) is 6.02. The largest absolute Gasteiger partial charge is 0.496 e. The molecule has 2 aliphatic rings.